The van der Waals surface area contributed by atoms with Gasteiger partial charge in [-0.3, -0.25) is 10.2 Å². The van der Waals surface area contributed by atoms with Crippen LogP contribution in [-0.2, 0) is 0 Å². The molecule has 2 amide bonds. The van der Waals surface area contributed by atoms with Gasteiger partial charge in [0.2, 0.25) is 0 Å². The quantitative estimate of drug-likeness (QED) is 0.938. The van der Waals surface area contributed by atoms with Crippen molar-refractivity contribution in [3.63, 3.8) is 0 Å². The highest BCUT2D eigenvalue weighted by molar-refractivity contribution is 5.88. The number of nitrogens with one attached hydrogen (secondary N) is 1. The molecule has 0 aliphatic carbocycles. The predicted octanol–water partition coefficient (Wildman–Crippen LogP) is 2.85. The maximum absolute atomic E-state index is 12.2. The molecule has 1 aliphatic heterocycles. The molecule has 1 saturated heterocycles. The highest BCUT2D eigenvalue weighted by Gasteiger charge is 2.21. The number of benzene rings is 1. The highest BCUT2D eigenvalue weighted by Crippen LogP contribution is 2.10. The number of aromatic nitrogens is 1. The maximum Gasteiger partial charge on any atom is 0.323 e. The lowest BCUT2D eigenvalue weighted by atomic mass is 10.2. The summed E-state index contributed by atoms with van der Waals surface area (Å²) in [6, 6.07) is 11.8. The number of carbonyl (C=O) groups is 1. The Morgan fingerprint density at radius 2 is 2.00 bits per heavy atom. The first-order valence-corrected chi connectivity index (χ1v) is 8.14. The molecule has 1 aromatic carbocycles. The van der Waals surface area contributed by atoms with Crippen LogP contribution in [0.2, 0.25) is 0 Å². The van der Waals surface area contributed by atoms with E-state index in [1.165, 1.54) is 5.56 Å². The number of amides is 2. The number of carbonyl (C=O) groups excluding carboxylic acids is 1. The van der Waals surface area contributed by atoms with E-state index in [4.69, 9.17) is 4.52 Å². The summed E-state index contributed by atoms with van der Waals surface area (Å²) in [6.07, 6.45) is 4.30. The van der Waals surface area contributed by atoms with Crippen molar-refractivity contribution in [3.05, 3.63) is 53.8 Å². The van der Waals surface area contributed by atoms with Gasteiger partial charge in [-0.25, -0.2) is 4.79 Å². The molecule has 6 heteroatoms. The molecule has 0 bridgehead atoms. The molecular formula is C18H22N4O2. The van der Waals surface area contributed by atoms with E-state index in [1.807, 2.05) is 18.2 Å². The third kappa shape index (κ3) is 4.45. The summed E-state index contributed by atoms with van der Waals surface area (Å²) in [5.74, 6) is 1.14. The second-order valence-corrected chi connectivity index (χ2v) is 5.85. The largest absolute Gasteiger partial charge is 0.360 e. The van der Waals surface area contributed by atoms with Gasteiger partial charge in [-0.15, -0.1) is 0 Å². The summed E-state index contributed by atoms with van der Waals surface area (Å²) in [5, 5.41) is 6.54. The van der Waals surface area contributed by atoms with Crippen LogP contribution in [0.4, 0.5) is 10.6 Å². The molecule has 0 saturated carbocycles. The van der Waals surface area contributed by atoms with Gasteiger partial charge in [-0.05, 0) is 12.5 Å². The smallest absolute Gasteiger partial charge is 0.323 e. The minimum absolute atomic E-state index is 0.122. The first-order valence-electron chi connectivity index (χ1n) is 8.14. The highest BCUT2D eigenvalue weighted by atomic mass is 16.5. The number of anilines is 1. The fourth-order valence-electron chi connectivity index (χ4n) is 2.65. The van der Waals surface area contributed by atoms with Crippen LogP contribution in [0.15, 0.2) is 47.0 Å². The fraction of sp³-hybridized carbons (Fsp3) is 0.333. The van der Waals surface area contributed by atoms with Crippen LogP contribution in [0, 0.1) is 6.92 Å². The topological polar surface area (TPSA) is 61.6 Å². The normalized spacial score (nSPS) is 15.8. The lowest BCUT2D eigenvalue weighted by Gasteiger charge is -2.33. The molecule has 24 heavy (non-hydrogen) atoms. The number of nitrogens with zero attached hydrogens (tertiary/aromatic N) is 3. The average Bonchev–Trinajstić information content (AvgIpc) is 3.01. The van der Waals surface area contributed by atoms with Crippen molar-refractivity contribution in [3.8, 4) is 0 Å². The van der Waals surface area contributed by atoms with Gasteiger partial charge in [0.15, 0.2) is 5.82 Å². The molecule has 126 valence electrons. The molecule has 3 rings (SSSR count). The Morgan fingerprint density at radius 1 is 1.25 bits per heavy atom. The molecule has 0 unspecified atom stereocenters. The van der Waals surface area contributed by atoms with E-state index < -0.39 is 0 Å². The summed E-state index contributed by atoms with van der Waals surface area (Å²) in [6.45, 7) is 5.84. The fourth-order valence-corrected chi connectivity index (χ4v) is 2.65. The maximum atomic E-state index is 12.2. The van der Waals surface area contributed by atoms with E-state index in [0.29, 0.717) is 24.7 Å². The summed E-state index contributed by atoms with van der Waals surface area (Å²) >= 11 is 0. The molecule has 1 aliphatic rings. The lowest BCUT2D eigenvalue weighted by Crippen LogP contribution is -2.49. The minimum atomic E-state index is -0.122. The summed E-state index contributed by atoms with van der Waals surface area (Å²) in [4.78, 5) is 16.3. The first kappa shape index (κ1) is 16.3. The Hall–Kier alpha value is -2.60. The van der Waals surface area contributed by atoms with Crippen molar-refractivity contribution in [1.82, 2.24) is 15.0 Å². The van der Waals surface area contributed by atoms with Crippen molar-refractivity contribution >= 4 is 17.9 Å². The zero-order valence-corrected chi connectivity index (χ0v) is 13.8. The molecule has 1 aromatic heterocycles. The van der Waals surface area contributed by atoms with Gasteiger partial charge in [-0.2, -0.15) is 0 Å². The standard InChI is InChI=1S/C18H22N4O2/c1-15-14-17(20-24-15)19-18(23)22-12-10-21(11-13-22)9-5-8-16-6-3-2-4-7-16/h2-8,14H,9-13H2,1H3,(H,19,20,23)/b8-5+. The van der Waals surface area contributed by atoms with Gasteiger partial charge < -0.3 is 9.42 Å². The van der Waals surface area contributed by atoms with E-state index in [1.54, 1.807) is 17.9 Å². The van der Waals surface area contributed by atoms with E-state index >= 15 is 0 Å². The lowest BCUT2D eigenvalue weighted by molar-refractivity contribution is 0.155. The Kier molecular flexibility index (Phi) is 5.28. The van der Waals surface area contributed by atoms with Crippen LogP contribution in [0.25, 0.3) is 6.08 Å². The monoisotopic (exact) mass is 326 g/mol. The molecule has 6 nitrogen and oxygen atoms in total. The number of hydrogen-bond acceptors (Lipinski definition) is 4. The Bertz CT molecular complexity index is 688. The van der Waals surface area contributed by atoms with Gasteiger partial charge in [0, 0.05) is 38.8 Å². The summed E-state index contributed by atoms with van der Waals surface area (Å²) in [7, 11) is 0. The molecule has 0 atom stereocenters. The molecule has 2 heterocycles. The summed E-state index contributed by atoms with van der Waals surface area (Å²) < 4.78 is 4.95. The van der Waals surface area contributed by atoms with Crippen molar-refractivity contribution in [2.75, 3.05) is 38.0 Å². The summed E-state index contributed by atoms with van der Waals surface area (Å²) in [5.41, 5.74) is 1.21. The van der Waals surface area contributed by atoms with Crippen molar-refractivity contribution < 1.29 is 9.32 Å². The number of urea groups is 1. The molecule has 0 spiro atoms. The Labute approximate surface area is 141 Å². The molecular weight excluding hydrogens is 304 g/mol. The van der Waals surface area contributed by atoms with Crippen LogP contribution in [0.5, 0.6) is 0 Å². The number of hydrogen-bond donors (Lipinski definition) is 1. The zero-order valence-electron chi connectivity index (χ0n) is 13.8. The third-order valence-electron chi connectivity index (χ3n) is 4.00. The molecule has 2 aromatic rings. The van der Waals surface area contributed by atoms with Gasteiger partial charge in [0.05, 0.1) is 0 Å². The van der Waals surface area contributed by atoms with Gasteiger partial charge in [0.25, 0.3) is 0 Å². The van der Waals surface area contributed by atoms with E-state index in [2.05, 4.69) is 39.7 Å². The van der Waals surface area contributed by atoms with E-state index in [-0.39, 0.29) is 6.03 Å². The second kappa shape index (κ2) is 7.79. The van der Waals surface area contributed by atoms with E-state index in [0.717, 1.165) is 19.6 Å². The van der Waals surface area contributed by atoms with Crippen LogP contribution in [0.3, 0.4) is 0 Å². The number of aryl methyl sites for hydroxylation is 1. The van der Waals surface area contributed by atoms with Crippen LogP contribution in [0.1, 0.15) is 11.3 Å². The molecule has 1 N–H and O–H groups in total. The minimum Gasteiger partial charge on any atom is -0.360 e. The molecule has 1 fully saturated rings. The SMILES string of the molecule is Cc1cc(NC(=O)N2CCN(C/C=C/c3ccccc3)CC2)no1. The van der Waals surface area contributed by atoms with Gasteiger partial charge in [0.1, 0.15) is 5.76 Å². The van der Waals surface area contributed by atoms with Crippen LogP contribution < -0.4 is 5.32 Å². The number of piperazine rings is 1. The van der Waals surface area contributed by atoms with Crippen LogP contribution in [-0.4, -0.2) is 53.7 Å². The Balaban J connectivity index is 1.42. The predicted molar refractivity (Wildman–Crippen MR) is 93.7 cm³/mol. The van der Waals surface area contributed by atoms with Crippen molar-refractivity contribution in [2.24, 2.45) is 0 Å². The second-order valence-electron chi connectivity index (χ2n) is 5.85. The molecule has 0 radical (unpaired) electrons. The van der Waals surface area contributed by atoms with Gasteiger partial charge in [-0.1, -0.05) is 47.6 Å². The van der Waals surface area contributed by atoms with Gasteiger partial charge >= 0.3 is 6.03 Å². The van der Waals surface area contributed by atoms with Crippen LogP contribution >= 0.6 is 0 Å². The Morgan fingerprint density at radius 3 is 2.67 bits per heavy atom. The van der Waals surface area contributed by atoms with Crippen molar-refractivity contribution in [1.29, 1.82) is 0 Å². The van der Waals surface area contributed by atoms with Crippen molar-refractivity contribution in [2.45, 2.75) is 6.92 Å². The third-order valence-corrected chi connectivity index (χ3v) is 4.00. The van der Waals surface area contributed by atoms with E-state index in [9.17, 15) is 4.79 Å². The average molecular weight is 326 g/mol. The zero-order chi connectivity index (χ0) is 16.8. The number of rotatable bonds is 4. The first-order chi connectivity index (χ1) is 11.7.